The fraction of sp³-hybridized carbons (Fsp3) is 0.118. The molecule has 102 valence electrons. The van der Waals surface area contributed by atoms with E-state index in [0.717, 1.165) is 23.1 Å². The summed E-state index contributed by atoms with van der Waals surface area (Å²) in [6, 6.07) is 11.4. The summed E-state index contributed by atoms with van der Waals surface area (Å²) >= 11 is 0. The van der Waals surface area contributed by atoms with Crippen molar-refractivity contribution in [2.75, 3.05) is 0 Å². The zero-order chi connectivity index (χ0) is 14.7. The molecule has 0 aliphatic heterocycles. The van der Waals surface area contributed by atoms with Crippen LogP contribution in [0.1, 0.15) is 18.1 Å². The molecule has 0 aliphatic rings. The Labute approximate surface area is 122 Å². The number of hydrogen-bond acceptors (Lipinski definition) is 4. The first kappa shape index (κ1) is 13.1. The summed E-state index contributed by atoms with van der Waals surface area (Å²) in [7, 11) is 0. The molecular weight excluding hydrogens is 262 g/mol. The fourth-order valence-electron chi connectivity index (χ4n) is 2.20. The number of nitriles is 1. The van der Waals surface area contributed by atoms with Gasteiger partial charge in [-0.3, -0.25) is 4.98 Å². The van der Waals surface area contributed by atoms with Crippen molar-refractivity contribution in [1.82, 2.24) is 9.97 Å². The van der Waals surface area contributed by atoms with E-state index in [1.165, 1.54) is 0 Å². The molecule has 4 nitrogen and oxygen atoms in total. The van der Waals surface area contributed by atoms with Crippen LogP contribution in [0.25, 0.3) is 22.7 Å². The van der Waals surface area contributed by atoms with Crippen LogP contribution < -0.4 is 0 Å². The third-order valence-electron chi connectivity index (χ3n) is 3.31. The summed E-state index contributed by atoms with van der Waals surface area (Å²) < 4.78 is 5.59. The molecule has 4 heteroatoms. The van der Waals surface area contributed by atoms with Crippen molar-refractivity contribution < 1.29 is 4.42 Å². The van der Waals surface area contributed by atoms with E-state index in [-0.39, 0.29) is 0 Å². The van der Waals surface area contributed by atoms with E-state index in [2.05, 4.69) is 23.0 Å². The zero-order valence-corrected chi connectivity index (χ0v) is 11.6. The van der Waals surface area contributed by atoms with E-state index < -0.39 is 0 Å². The lowest BCUT2D eigenvalue weighted by Gasteiger charge is -2.01. The van der Waals surface area contributed by atoms with Crippen LogP contribution in [-0.4, -0.2) is 9.97 Å². The minimum absolute atomic E-state index is 0.553. The van der Waals surface area contributed by atoms with Crippen molar-refractivity contribution in [2.24, 2.45) is 0 Å². The molecule has 0 N–H and O–H groups in total. The minimum Gasteiger partial charge on any atom is -0.444 e. The molecule has 0 aliphatic carbocycles. The van der Waals surface area contributed by atoms with Gasteiger partial charge in [-0.25, -0.2) is 4.98 Å². The first-order valence-electron chi connectivity index (χ1n) is 6.71. The number of pyridine rings is 1. The lowest BCUT2D eigenvalue weighted by atomic mass is 10.1. The summed E-state index contributed by atoms with van der Waals surface area (Å²) in [6.07, 6.45) is 6.03. The minimum atomic E-state index is 0.553. The summed E-state index contributed by atoms with van der Waals surface area (Å²) in [4.78, 5) is 8.65. The number of benzene rings is 1. The van der Waals surface area contributed by atoms with Crippen molar-refractivity contribution in [1.29, 1.82) is 5.26 Å². The maximum atomic E-state index is 8.96. The number of aromatic nitrogens is 2. The quantitative estimate of drug-likeness (QED) is 0.728. The van der Waals surface area contributed by atoms with E-state index in [1.807, 2.05) is 18.2 Å². The van der Waals surface area contributed by atoms with Crippen molar-refractivity contribution >= 4 is 0 Å². The highest BCUT2D eigenvalue weighted by Gasteiger charge is 2.12. The maximum Gasteiger partial charge on any atom is 0.228 e. The Hall–Kier alpha value is -2.93. The van der Waals surface area contributed by atoms with Gasteiger partial charge in [0.1, 0.15) is 12.0 Å². The lowest BCUT2D eigenvalue weighted by Crippen LogP contribution is -1.89. The Morgan fingerprint density at radius 3 is 3.00 bits per heavy atom. The number of hydrogen-bond donors (Lipinski definition) is 0. The molecule has 1 aromatic carbocycles. The van der Waals surface area contributed by atoms with E-state index in [0.29, 0.717) is 17.1 Å². The third-order valence-corrected chi connectivity index (χ3v) is 3.31. The maximum absolute atomic E-state index is 8.96. The number of aryl methyl sites for hydroxylation is 1. The normalized spacial score (nSPS) is 10.3. The summed E-state index contributed by atoms with van der Waals surface area (Å²) in [6.45, 7) is 2.08. The molecule has 0 fully saturated rings. The lowest BCUT2D eigenvalue weighted by molar-refractivity contribution is 0.574. The SMILES string of the molecule is CCc1ccncc1-c1nc(-c2cccc(C#N)c2)co1. The van der Waals surface area contributed by atoms with Gasteiger partial charge in [0.2, 0.25) is 5.89 Å². The molecule has 2 heterocycles. The molecule has 0 saturated carbocycles. The molecule has 3 rings (SSSR count). The van der Waals surface area contributed by atoms with Gasteiger partial charge in [-0.2, -0.15) is 5.26 Å². The average molecular weight is 275 g/mol. The van der Waals surface area contributed by atoms with Gasteiger partial charge in [0.25, 0.3) is 0 Å². The van der Waals surface area contributed by atoms with Crippen molar-refractivity contribution in [3.05, 3.63) is 60.1 Å². The number of nitrogens with zero attached hydrogens (tertiary/aromatic N) is 3. The molecule has 0 atom stereocenters. The first-order valence-corrected chi connectivity index (χ1v) is 6.71. The molecule has 0 radical (unpaired) electrons. The van der Waals surface area contributed by atoms with Crippen LogP contribution in [-0.2, 0) is 6.42 Å². The highest BCUT2D eigenvalue weighted by molar-refractivity contribution is 5.65. The van der Waals surface area contributed by atoms with Crippen LogP contribution in [0.3, 0.4) is 0 Å². The Morgan fingerprint density at radius 2 is 2.19 bits per heavy atom. The van der Waals surface area contributed by atoms with Gasteiger partial charge in [0, 0.05) is 18.0 Å². The second kappa shape index (κ2) is 5.59. The van der Waals surface area contributed by atoms with E-state index in [4.69, 9.17) is 9.68 Å². The largest absolute Gasteiger partial charge is 0.444 e. The van der Waals surface area contributed by atoms with Gasteiger partial charge in [0.05, 0.1) is 17.2 Å². The van der Waals surface area contributed by atoms with Gasteiger partial charge in [-0.05, 0) is 30.2 Å². The van der Waals surface area contributed by atoms with Gasteiger partial charge in [-0.1, -0.05) is 19.1 Å². The van der Waals surface area contributed by atoms with Crippen LogP contribution >= 0.6 is 0 Å². The van der Waals surface area contributed by atoms with Crippen LogP contribution in [0.4, 0.5) is 0 Å². The smallest absolute Gasteiger partial charge is 0.228 e. The Kier molecular flexibility index (Phi) is 3.48. The summed E-state index contributed by atoms with van der Waals surface area (Å²) in [5, 5.41) is 8.96. The monoisotopic (exact) mass is 275 g/mol. The average Bonchev–Trinajstić information content (AvgIpc) is 3.04. The number of oxazole rings is 1. The molecular formula is C17H13N3O. The second-order valence-electron chi connectivity index (χ2n) is 4.62. The molecule has 3 aromatic rings. The zero-order valence-electron chi connectivity index (χ0n) is 11.6. The predicted octanol–water partition coefficient (Wildman–Crippen LogP) is 3.84. The molecule has 0 spiro atoms. The van der Waals surface area contributed by atoms with E-state index in [9.17, 15) is 0 Å². The van der Waals surface area contributed by atoms with Crippen LogP contribution in [0.5, 0.6) is 0 Å². The van der Waals surface area contributed by atoms with Gasteiger partial charge >= 0.3 is 0 Å². The predicted molar refractivity (Wildman–Crippen MR) is 79.3 cm³/mol. The van der Waals surface area contributed by atoms with Crippen molar-refractivity contribution in [3.63, 3.8) is 0 Å². The first-order chi connectivity index (χ1) is 10.3. The van der Waals surface area contributed by atoms with Crippen molar-refractivity contribution in [2.45, 2.75) is 13.3 Å². The molecule has 0 unspecified atom stereocenters. The van der Waals surface area contributed by atoms with Crippen LogP contribution in [0.15, 0.2) is 53.4 Å². The Bertz CT molecular complexity index is 815. The Morgan fingerprint density at radius 1 is 1.29 bits per heavy atom. The second-order valence-corrected chi connectivity index (χ2v) is 4.62. The van der Waals surface area contributed by atoms with Gasteiger partial charge in [-0.15, -0.1) is 0 Å². The molecule has 2 aromatic heterocycles. The fourth-order valence-corrected chi connectivity index (χ4v) is 2.20. The third kappa shape index (κ3) is 2.54. The van der Waals surface area contributed by atoms with Crippen LogP contribution in [0.2, 0.25) is 0 Å². The summed E-state index contributed by atoms with van der Waals surface area (Å²) in [5.74, 6) is 0.553. The molecule has 0 amide bonds. The standard InChI is InChI=1S/C17H13N3O/c1-2-13-6-7-19-10-15(13)17-20-16(11-21-17)14-5-3-4-12(8-14)9-18/h3-8,10-11H,2H2,1H3. The molecule has 0 bridgehead atoms. The Balaban J connectivity index is 2.02. The van der Waals surface area contributed by atoms with E-state index >= 15 is 0 Å². The summed E-state index contributed by atoms with van der Waals surface area (Å²) in [5.41, 5.74) is 4.23. The van der Waals surface area contributed by atoms with Crippen molar-refractivity contribution in [3.8, 4) is 28.8 Å². The highest BCUT2D eigenvalue weighted by atomic mass is 16.3. The highest BCUT2D eigenvalue weighted by Crippen LogP contribution is 2.27. The molecule has 21 heavy (non-hydrogen) atoms. The van der Waals surface area contributed by atoms with E-state index in [1.54, 1.807) is 30.8 Å². The van der Waals surface area contributed by atoms with Gasteiger partial charge in [0.15, 0.2) is 0 Å². The van der Waals surface area contributed by atoms with Crippen LogP contribution in [0, 0.1) is 11.3 Å². The van der Waals surface area contributed by atoms with Gasteiger partial charge < -0.3 is 4.42 Å². The molecule has 0 saturated heterocycles. The number of rotatable bonds is 3. The topological polar surface area (TPSA) is 62.7 Å².